The Balaban J connectivity index is 1.59. The van der Waals surface area contributed by atoms with Crippen LogP contribution in [0.25, 0.3) is 0 Å². The van der Waals surface area contributed by atoms with Gasteiger partial charge in [0.2, 0.25) is 0 Å². The standard InChI is InChI=1S/C30H36F3N3O4/c1-29(2,3)21-11-13-24(14-12-21)36-25(19-7-9-20(10-8-19)27(39)34-16-15-26(37)38)18-40-28(36)35-23-6-4-5-22(17-23)30(31,32)33/h4-10,17,21,24-25H,11-16,18H2,1-3H3,(H,34,39)(H,37,38). The summed E-state index contributed by atoms with van der Waals surface area (Å²) in [5.41, 5.74) is 0.907. The lowest BCUT2D eigenvalue weighted by Crippen LogP contribution is -2.42. The van der Waals surface area contributed by atoms with Gasteiger partial charge < -0.3 is 20.1 Å². The average Bonchev–Trinajstić information content (AvgIpc) is 3.31. The number of aliphatic carboxylic acids is 1. The van der Waals surface area contributed by atoms with Crippen LogP contribution in [0, 0.1) is 11.3 Å². The zero-order valence-corrected chi connectivity index (χ0v) is 23.0. The van der Waals surface area contributed by atoms with E-state index in [4.69, 9.17) is 9.84 Å². The summed E-state index contributed by atoms with van der Waals surface area (Å²) < 4.78 is 46.0. The number of ether oxygens (including phenoxy) is 1. The minimum absolute atomic E-state index is 0.0345. The third kappa shape index (κ3) is 7.14. The van der Waals surface area contributed by atoms with Gasteiger partial charge in [0.1, 0.15) is 6.61 Å². The minimum Gasteiger partial charge on any atom is -0.481 e. The van der Waals surface area contributed by atoms with Crippen LogP contribution >= 0.6 is 0 Å². The van der Waals surface area contributed by atoms with E-state index in [1.807, 2.05) is 12.1 Å². The molecular weight excluding hydrogens is 523 g/mol. The predicted molar refractivity (Wildman–Crippen MR) is 145 cm³/mol. The Morgan fingerprint density at radius 2 is 1.73 bits per heavy atom. The van der Waals surface area contributed by atoms with Crippen LogP contribution in [-0.2, 0) is 15.7 Å². The monoisotopic (exact) mass is 559 g/mol. The molecule has 1 atom stereocenters. The first-order chi connectivity index (χ1) is 18.8. The van der Waals surface area contributed by atoms with Crippen LogP contribution in [-0.4, -0.2) is 47.1 Å². The molecule has 0 spiro atoms. The first-order valence-electron chi connectivity index (χ1n) is 13.6. The van der Waals surface area contributed by atoms with Crippen LogP contribution in [0.1, 0.15) is 80.4 Å². The summed E-state index contributed by atoms with van der Waals surface area (Å²) in [6.45, 7) is 7.06. The summed E-state index contributed by atoms with van der Waals surface area (Å²) in [6.07, 6.45) is -0.750. The van der Waals surface area contributed by atoms with Gasteiger partial charge in [-0.05, 0) is 72.9 Å². The van der Waals surface area contributed by atoms with Crippen molar-refractivity contribution in [2.45, 2.75) is 71.1 Å². The number of carbonyl (C=O) groups is 2. The number of benzene rings is 2. The van der Waals surface area contributed by atoms with Crippen molar-refractivity contribution in [3.8, 4) is 0 Å². The molecule has 0 aromatic heterocycles. The number of aliphatic imine (C=N–C) groups is 1. The number of hydrogen-bond donors (Lipinski definition) is 2. The first-order valence-corrected chi connectivity index (χ1v) is 13.6. The zero-order chi connectivity index (χ0) is 29.1. The van der Waals surface area contributed by atoms with Crippen LogP contribution in [0.2, 0.25) is 0 Å². The lowest BCUT2D eigenvalue weighted by Gasteiger charge is -2.41. The first kappa shape index (κ1) is 29.4. The van der Waals surface area contributed by atoms with Crippen molar-refractivity contribution in [1.29, 1.82) is 0 Å². The Morgan fingerprint density at radius 1 is 1.05 bits per heavy atom. The van der Waals surface area contributed by atoms with Crippen LogP contribution < -0.4 is 5.32 Å². The highest BCUT2D eigenvalue weighted by Gasteiger charge is 2.41. The van der Waals surface area contributed by atoms with Crippen molar-refractivity contribution in [3.63, 3.8) is 0 Å². The SMILES string of the molecule is CC(C)(C)C1CCC(N2C(=Nc3cccc(C(F)(F)F)c3)OCC2c2ccc(C(=O)NCCC(=O)O)cc2)CC1. The van der Waals surface area contributed by atoms with E-state index in [1.165, 1.54) is 12.1 Å². The maximum atomic E-state index is 13.3. The Labute approximate surface area is 232 Å². The number of nitrogens with zero attached hydrogens (tertiary/aromatic N) is 2. The number of amides is 1. The molecule has 1 saturated heterocycles. The predicted octanol–water partition coefficient (Wildman–Crippen LogP) is 6.58. The molecule has 1 aliphatic heterocycles. The average molecular weight is 560 g/mol. The van der Waals surface area contributed by atoms with E-state index in [1.54, 1.807) is 12.1 Å². The largest absolute Gasteiger partial charge is 0.481 e. The summed E-state index contributed by atoms with van der Waals surface area (Å²) in [6, 6.07) is 12.1. The third-order valence-corrected chi connectivity index (χ3v) is 7.82. The van der Waals surface area contributed by atoms with Crippen molar-refractivity contribution < 1.29 is 32.6 Å². The Kier molecular flexibility index (Phi) is 8.75. The number of nitrogens with one attached hydrogen (secondary N) is 1. The second-order valence-electron chi connectivity index (χ2n) is 11.6. The molecule has 1 saturated carbocycles. The Hall–Kier alpha value is -3.56. The summed E-state index contributed by atoms with van der Waals surface area (Å²) >= 11 is 0. The van der Waals surface area contributed by atoms with Gasteiger partial charge in [0, 0.05) is 18.2 Å². The highest BCUT2D eigenvalue weighted by molar-refractivity contribution is 5.94. The van der Waals surface area contributed by atoms with Crippen molar-refractivity contribution in [2.75, 3.05) is 13.2 Å². The second kappa shape index (κ2) is 11.9. The van der Waals surface area contributed by atoms with Gasteiger partial charge in [0.05, 0.1) is 23.7 Å². The Morgan fingerprint density at radius 3 is 2.33 bits per heavy atom. The van der Waals surface area contributed by atoms with Gasteiger partial charge in [-0.15, -0.1) is 0 Å². The molecule has 216 valence electrons. The lowest BCUT2D eigenvalue weighted by molar-refractivity contribution is -0.138. The van der Waals surface area contributed by atoms with Gasteiger partial charge in [-0.1, -0.05) is 39.0 Å². The maximum Gasteiger partial charge on any atom is 0.416 e. The highest BCUT2D eigenvalue weighted by atomic mass is 19.4. The van der Waals surface area contributed by atoms with E-state index in [0.717, 1.165) is 43.4 Å². The fraction of sp³-hybridized carbons (Fsp3) is 0.500. The van der Waals surface area contributed by atoms with Gasteiger partial charge in [0.25, 0.3) is 11.9 Å². The molecular formula is C30H36F3N3O4. The van der Waals surface area contributed by atoms with Gasteiger partial charge in [-0.25, -0.2) is 0 Å². The summed E-state index contributed by atoms with van der Waals surface area (Å²) in [5.74, 6) is -0.774. The van der Waals surface area contributed by atoms with E-state index in [9.17, 15) is 22.8 Å². The van der Waals surface area contributed by atoms with Gasteiger partial charge in [-0.2, -0.15) is 18.2 Å². The van der Waals surface area contributed by atoms with Gasteiger partial charge in [0.15, 0.2) is 0 Å². The molecule has 7 nitrogen and oxygen atoms in total. The van der Waals surface area contributed by atoms with E-state index in [0.29, 0.717) is 17.5 Å². The molecule has 0 bridgehead atoms. The molecule has 1 unspecified atom stereocenters. The zero-order valence-electron chi connectivity index (χ0n) is 23.0. The minimum atomic E-state index is -4.47. The normalized spacial score (nSPS) is 22.7. The van der Waals surface area contributed by atoms with Crippen molar-refractivity contribution in [2.24, 2.45) is 16.3 Å². The number of halogens is 3. The van der Waals surface area contributed by atoms with Crippen LogP contribution in [0.5, 0.6) is 0 Å². The molecule has 40 heavy (non-hydrogen) atoms. The molecule has 1 aliphatic carbocycles. The molecule has 2 aromatic carbocycles. The summed E-state index contributed by atoms with van der Waals surface area (Å²) in [7, 11) is 0. The van der Waals surface area contributed by atoms with E-state index in [2.05, 4.69) is 36.0 Å². The van der Waals surface area contributed by atoms with E-state index < -0.39 is 17.7 Å². The molecule has 2 N–H and O–H groups in total. The highest BCUT2D eigenvalue weighted by Crippen LogP contribution is 2.42. The number of carboxylic acid groups (broad SMARTS) is 1. The van der Waals surface area contributed by atoms with E-state index >= 15 is 0 Å². The molecule has 0 radical (unpaired) electrons. The number of amidine groups is 1. The fourth-order valence-corrected chi connectivity index (χ4v) is 5.52. The number of hydrogen-bond acceptors (Lipinski definition) is 4. The van der Waals surface area contributed by atoms with Crippen molar-refractivity contribution in [3.05, 3.63) is 65.2 Å². The Bertz CT molecular complexity index is 1230. The molecule has 10 heteroatoms. The number of rotatable bonds is 7. The summed E-state index contributed by atoms with van der Waals surface area (Å²) in [5, 5.41) is 11.4. The molecule has 2 aliphatic rings. The number of alkyl halides is 3. The van der Waals surface area contributed by atoms with Crippen molar-refractivity contribution in [1.82, 2.24) is 10.2 Å². The van der Waals surface area contributed by atoms with Crippen LogP contribution in [0.3, 0.4) is 0 Å². The van der Waals surface area contributed by atoms with Crippen LogP contribution in [0.4, 0.5) is 18.9 Å². The maximum absolute atomic E-state index is 13.3. The van der Waals surface area contributed by atoms with Crippen molar-refractivity contribution >= 4 is 23.6 Å². The molecule has 1 amide bonds. The smallest absolute Gasteiger partial charge is 0.416 e. The summed E-state index contributed by atoms with van der Waals surface area (Å²) in [4.78, 5) is 29.7. The molecule has 2 fully saturated rings. The molecule has 2 aromatic rings. The van der Waals surface area contributed by atoms with E-state index in [-0.39, 0.29) is 48.7 Å². The van der Waals surface area contributed by atoms with Gasteiger partial charge in [-0.3, -0.25) is 9.59 Å². The fourth-order valence-electron chi connectivity index (χ4n) is 5.52. The van der Waals surface area contributed by atoms with Crippen LogP contribution in [0.15, 0.2) is 53.5 Å². The molecule has 4 rings (SSSR count). The number of carbonyl (C=O) groups excluding carboxylic acids is 1. The molecule has 1 heterocycles. The topological polar surface area (TPSA) is 91.2 Å². The lowest BCUT2D eigenvalue weighted by atomic mass is 9.71. The third-order valence-electron chi connectivity index (χ3n) is 7.82. The van der Waals surface area contributed by atoms with Gasteiger partial charge >= 0.3 is 12.1 Å². The second-order valence-corrected chi connectivity index (χ2v) is 11.6. The number of carboxylic acids is 1. The quantitative estimate of drug-likeness (QED) is 0.400.